The van der Waals surface area contributed by atoms with Gasteiger partial charge in [-0.3, -0.25) is 4.79 Å². The number of likely N-dealkylation sites (tertiary alicyclic amines) is 1. The molecule has 0 atom stereocenters. The molecule has 0 unspecified atom stereocenters. The summed E-state index contributed by atoms with van der Waals surface area (Å²) in [6.45, 7) is 1.53. The minimum absolute atomic E-state index is 0.0166. The molecule has 1 heterocycles. The molecule has 1 aliphatic rings. The molecule has 2 aromatic rings. The Morgan fingerprint density at radius 3 is 2.33 bits per heavy atom. The van der Waals surface area contributed by atoms with Crippen molar-refractivity contribution in [2.24, 2.45) is 0 Å². The first-order valence-corrected chi connectivity index (χ1v) is 9.83. The zero-order chi connectivity index (χ0) is 21.7. The fraction of sp³-hybridized carbons (Fsp3) is 0.364. The number of carbonyl (C=O) groups excluding carboxylic acids is 2. The number of nitrogens with zero attached hydrogens (tertiary/aromatic N) is 2. The van der Waals surface area contributed by atoms with E-state index in [0.717, 1.165) is 31.6 Å². The highest BCUT2D eigenvalue weighted by Crippen LogP contribution is 2.30. The van der Waals surface area contributed by atoms with Crippen LogP contribution < -0.4 is 25.0 Å². The van der Waals surface area contributed by atoms with Crippen molar-refractivity contribution in [2.45, 2.75) is 12.8 Å². The molecule has 0 radical (unpaired) electrons. The van der Waals surface area contributed by atoms with Crippen molar-refractivity contribution in [3.63, 3.8) is 0 Å². The molecule has 0 aromatic heterocycles. The summed E-state index contributed by atoms with van der Waals surface area (Å²) >= 11 is 0. The van der Waals surface area contributed by atoms with Gasteiger partial charge in [0.1, 0.15) is 11.5 Å². The van der Waals surface area contributed by atoms with Crippen LogP contribution in [0.3, 0.4) is 0 Å². The van der Waals surface area contributed by atoms with Gasteiger partial charge in [-0.25, -0.2) is 4.79 Å². The summed E-state index contributed by atoms with van der Waals surface area (Å²) in [7, 11) is 6.87. The molecule has 8 nitrogen and oxygen atoms in total. The van der Waals surface area contributed by atoms with Gasteiger partial charge in [-0.1, -0.05) is 0 Å². The number of benzene rings is 2. The van der Waals surface area contributed by atoms with Crippen LogP contribution in [0.15, 0.2) is 36.4 Å². The molecular formula is C22H28N4O4. The summed E-state index contributed by atoms with van der Waals surface area (Å²) in [5.41, 5.74) is 2.43. The number of urea groups is 1. The van der Waals surface area contributed by atoms with Crippen LogP contribution in [-0.2, 0) is 0 Å². The molecule has 3 amide bonds. The maximum Gasteiger partial charge on any atom is 0.323 e. The van der Waals surface area contributed by atoms with Crippen LogP contribution in [0.4, 0.5) is 21.9 Å². The Hall–Kier alpha value is -3.42. The van der Waals surface area contributed by atoms with Gasteiger partial charge in [-0.2, -0.15) is 0 Å². The van der Waals surface area contributed by atoms with Crippen LogP contribution >= 0.6 is 0 Å². The number of hydrogen-bond acceptors (Lipinski definition) is 5. The SMILES string of the molecule is COc1ccc(NC(=O)Nc2ccc(N(C)C)c(C(=O)N3CCCC3)c2)c(OC)c1. The van der Waals surface area contributed by atoms with Crippen LogP contribution in [0.2, 0.25) is 0 Å². The number of nitrogens with one attached hydrogen (secondary N) is 2. The van der Waals surface area contributed by atoms with Crippen LogP contribution in [0.1, 0.15) is 23.2 Å². The molecule has 160 valence electrons. The molecule has 2 aromatic carbocycles. The van der Waals surface area contributed by atoms with E-state index in [1.165, 1.54) is 7.11 Å². The van der Waals surface area contributed by atoms with Crippen molar-refractivity contribution in [1.82, 2.24) is 4.90 Å². The first-order chi connectivity index (χ1) is 14.4. The Bertz CT molecular complexity index is 923. The number of methoxy groups -OCH3 is 2. The highest BCUT2D eigenvalue weighted by Gasteiger charge is 2.23. The zero-order valence-corrected chi connectivity index (χ0v) is 17.8. The van der Waals surface area contributed by atoms with Crippen LogP contribution in [0, 0.1) is 0 Å². The van der Waals surface area contributed by atoms with E-state index >= 15 is 0 Å². The topological polar surface area (TPSA) is 83.1 Å². The van der Waals surface area contributed by atoms with Gasteiger partial charge in [0.15, 0.2) is 0 Å². The van der Waals surface area contributed by atoms with Crippen molar-refractivity contribution in [1.29, 1.82) is 0 Å². The fourth-order valence-electron chi connectivity index (χ4n) is 3.45. The van der Waals surface area contributed by atoms with Gasteiger partial charge in [0.25, 0.3) is 5.91 Å². The Morgan fingerprint density at radius 1 is 0.967 bits per heavy atom. The Morgan fingerprint density at radius 2 is 1.70 bits per heavy atom. The molecule has 1 aliphatic heterocycles. The first-order valence-electron chi connectivity index (χ1n) is 9.83. The summed E-state index contributed by atoms with van der Waals surface area (Å²) in [4.78, 5) is 29.3. The van der Waals surface area contributed by atoms with Crippen molar-refractivity contribution < 1.29 is 19.1 Å². The summed E-state index contributed by atoms with van der Waals surface area (Å²) < 4.78 is 10.5. The molecular weight excluding hydrogens is 384 g/mol. The molecule has 2 N–H and O–H groups in total. The van der Waals surface area contributed by atoms with E-state index in [-0.39, 0.29) is 5.91 Å². The predicted molar refractivity (Wildman–Crippen MR) is 118 cm³/mol. The summed E-state index contributed by atoms with van der Waals surface area (Å²) in [5, 5.41) is 5.56. The third-order valence-corrected chi connectivity index (χ3v) is 5.02. The van der Waals surface area contributed by atoms with E-state index in [4.69, 9.17) is 9.47 Å². The molecule has 1 saturated heterocycles. The molecule has 0 bridgehead atoms. The average molecular weight is 412 g/mol. The van der Waals surface area contributed by atoms with E-state index < -0.39 is 6.03 Å². The van der Waals surface area contributed by atoms with E-state index in [0.29, 0.717) is 28.4 Å². The lowest BCUT2D eigenvalue weighted by atomic mass is 10.1. The second-order valence-electron chi connectivity index (χ2n) is 7.27. The van der Waals surface area contributed by atoms with Gasteiger partial charge in [0.2, 0.25) is 0 Å². The Kier molecular flexibility index (Phi) is 6.66. The lowest BCUT2D eigenvalue weighted by Gasteiger charge is -2.22. The van der Waals surface area contributed by atoms with Gasteiger partial charge < -0.3 is 29.9 Å². The van der Waals surface area contributed by atoms with E-state index in [2.05, 4.69) is 10.6 Å². The number of carbonyl (C=O) groups is 2. The minimum Gasteiger partial charge on any atom is -0.497 e. The monoisotopic (exact) mass is 412 g/mol. The fourth-order valence-corrected chi connectivity index (χ4v) is 3.45. The number of amides is 3. The normalized spacial score (nSPS) is 13.0. The molecule has 0 aliphatic carbocycles. The van der Waals surface area contributed by atoms with Gasteiger partial charge in [-0.05, 0) is 43.2 Å². The lowest BCUT2D eigenvalue weighted by Crippen LogP contribution is -2.29. The molecule has 0 saturated carbocycles. The molecule has 3 rings (SSSR count). The Labute approximate surface area is 176 Å². The van der Waals surface area contributed by atoms with Gasteiger partial charge in [0.05, 0.1) is 25.5 Å². The van der Waals surface area contributed by atoms with Gasteiger partial charge >= 0.3 is 6.03 Å². The third kappa shape index (κ3) is 4.76. The smallest absolute Gasteiger partial charge is 0.323 e. The van der Waals surface area contributed by atoms with Crippen molar-refractivity contribution in [3.05, 3.63) is 42.0 Å². The predicted octanol–water partition coefficient (Wildman–Crippen LogP) is 3.65. The minimum atomic E-state index is -0.435. The Balaban J connectivity index is 1.78. The summed E-state index contributed by atoms with van der Waals surface area (Å²) in [5.74, 6) is 1.09. The average Bonchev–Trinajstić information content (AvgIpc) is 3.28. The lowest BCUT2D eigenvalue weighted by molar-refractivity contribution is 0.0793. The quantitative estimate of drug-likeness (QED) is 0.757. The van der Waals surface area contributed by atoms with Gasteiger partial charge in [-0.15, -0.1) is 0 Å². The third-order valence-electron chi connectivity index (χ3n) is 5.02. The van der Waals surface area contributed by atoms with Crippen LogP contribution in [0.5, 0.6) is 11.5 Å². The van der Waals surface area contributed by atoms with Crippen LogP contribution in [0.25, 0.3) is 0 Å². The maximum absolute atomic E-state index is 13.0. The maximum atomic E-state index is 13.0. The second kappa shape index (κ2) is 9.39. The largest absolute Gasteiger partial charge is 0.497 e. The standard InChI is InChI=1S/C22H28N4O4/c1-25(2)19-10-7-15(13-17(19)21(27)26-11-5-6-12-26)23-22(28)24-18-9-8-16(29-3)14-20(18)30-4/h7-10,13-14H,5-6,11-12H2,1-4H3,(H2,23,24,28). The highest BCUT2D eigenvalue weighted by molar-refractivity contribution is 6.04. The zero-order valence-electron chi connectivity index (χ0n) is 17.8. The van der Waals surface area contributed by atoms with Gasteiger partial charge in [0, 0.05) is 44.6 Å². The first kappa shape index (κ1) is 21.3. The van der Waals surface area contributed by atoms with E-state index in [1.807, 2.05) is 30.0 Å². The van der Waals surface area contributed by atoms with Crippen molar-refractivity contribution >= 4 is 29.0 Å². The van der Waals surface area contributed by atoms with E-state index in [1.54, 1.807) is 37.4 Å². The summed E-state index contributed by atoms with van der Waals surface area (Å²) in [6, 6.07) is 10.0. The van der Waals surface area contributed by atoms with Crippen molar-refractivity contribution in [2.75, 3.05) is 56.9 Å². The molecule has 0 spiro atoms. The number of hydrogen-bond donors (Lipinski definition) is 2. The van der Waals surface area contributed by atoms with Crippen molar-refractivity contribution in [3.8, 4) is 11.5 Å². The highest BCUT2D eigenvalue weighted by atomic mass is 16.5. The number of anilines is 3. The second-order valence-corrected chi connectivity index (χ2v) is 7.27. The molecule has 8 heteroatoms. The molecule has 1 fully saturated rings. The number of rotatable bonds is 6. The summed E-state index contributed by atoms with van der Waals surface area (Å²) in [6.07, 6.45) is 2.04. The van der Waals surface area contributed by atoms with Crippen LogP contribution in [-0.4, -0.2) is 58.2 Å². The number of ether oxygens (including phenoxy) is 2. The van der Waals surface area contributed by atoms with E-state index in [9.17, 15) is 9.59 Å². The molecule has 30 heavy (non-hydrogen) atoms.